The Morgan fingerprint density at radius 3 is 2.50 bits per heavy atom. The fraction of sp³-hybridized carbons (Fsp3) is 0.800. The van der Waals surface area contributed by atoms with Gasteiger partial charge in [-0.15, -0.1) is 0 Å². The standard InChI is InChI=1S/C10H15N3O7/c11-9-12-7(18)1-2(14)3(15)4-5(16)10(1,13-9)6(17)8(19)20-4/h1-7,14-18H,(H3,11,12,13)/t1?,2?,3-,4?,5+,6+,7+,10+/m0/s1. The maximum atomic E-state index is 11.7. The van der Waals surface area contributed by atoms with Crippen LogP contribution in [-0.4, -0.2) is 79.7 Å². The molecule has 1 spiro atoms. The first-order valence-corrected chi connectivity index (χ1v) is 6.03. The van der Waals surface area contributed by atoms with Crippen molar-refractivity contribution < 1.29 is 35.1 Å². The molecule has 1 aliphatic carbocycles. The van der Waals surface area contributed by atoms with E-state index < -0.39 is 54.2 Å². The van der Waals surface area contributed by atoms with Crippen molar-refractivity contribution in [2.45, 2.75) is 42.3 Å². The molecule has 0 amide bonds. The highest BCUT2D eigenvalue weighted by molar-refractivity contribution is 5.84. The predicted molar refractivity (Wildman–Crippen MR) is 60.9 cm³/mol. The summed E-state index contributed by atoms with van der Waals surface area (Å²) in [7, 11) is 0. The Balaban J connectivity index is 2.18. The number of carbonyl (C=O) groups excluding carboxylic acids is 1. The fourth-order valence-corrected chi connectivity index (χ4v) is 3.34. The summed E-state index contributed by atoms with van der Waals surface area (Å²) in [6.45, 7) is 0. The molecule has 0 aromatic heterocycles. The Morgan fingerprint density at radius 1 is 1.20 bits per heavy atom. The predicted octanol–water partition coefficient (Wildman–Crippen LogP) is -5.04. The van der Waals surface area contributed by atoms with Crippen LogP contribution in [0.5, 0.6) is 0 Å². The van der Waals surface area contributed by atoms with Crippen LogP contribution in [0.3, 0.4) is 0 Å². The lowest BCUT2D eigenvalue weighted by molar-refractivity contribution is -0.271. The maximum Gasteiger partial charge on any atom is 0.338 e. The summed E-state index contributed by atoms with van der Waals surface area (Å²) in [6.07, 6.45) is -9.71. The van der Waals surface area contributed by atoms with Gasteiger partial charge in [0.2, 0.25) is 0 Å². The van der Waals surface area contributed by atoms with Gasteiger partial charge in [0.15, 0.2) is 24.4 Å². The number of nitrogens with one attached hydrogen (secondary N) is 1. The number of nitrogens with two attached hydrogens (primary N) is 1. The lowest BCUT2D eigenvalue weighted by Crippen LogP contribution is -2.85. The van der Waals surface area contributed by atoms with E-state index in [9.17, 15) is 30.3 Å². The molecule has 3 rings (SSSR count). The number of aliphatic hydroxyl groups excluding tert-OH is 5. The van der Waals surface area contributed by atoms with Gasteiger partial charge in [-0.2, -0.15) is 0 Å². The number of ether oxygens (including phenoxy) is 1. The molecule has 20 heavy (non-hydrogen) atoms. The van der Waals surface area contributed by atoms with Crippen molar-refractivity contribution in [3.63, 3.8) is 0 Å². The molecule has 2 fully saturated rings. The summed E-state index contributed by atoms with van der Waals surface area (Å²) in [5.41, 5.74) is 3.60. The van der Waals surface area contributed by atoms with E-state index in [0.29, 0.717) is 0 Å². The monoisotopic (exact) mass is 289 g/mol. The van der Waals surface area contributed by atoms with Gasteiger partial charge in [-0.3, -0.25) is 0 Å². The number of carbonyl (C=O) groups is 1. The second kappa shape index (κ2) is 4.02. The van der Waals surface area contributed by atoms with Crippen molar-refractivity contribution in [2.75, 3.05) is 0 Å². The smallest absolute Gasteiger partial charge is 0.338 e. The number of aliphatic imine (C=N–C) groups is 1. The van der Waals surface area contributed by atoms with Crippen LogP contribution in [0.2, 0.25) is 0 Å². The summed E-state index contributed by atoms with van der Waals surface area (Å²) in [5, 5.41) is 52.8. The normalized spacial score (nSPS) is 54.4. The molecule has 3 aliphatic rings. The second-order valence-corrected chi connectivity index (χ2v) is 5.24. The molecule has 1 saturated heterocycles. The molecule has 1 saturated carbocycles. The first-order valence-electron chi connectivity index (χ1n) is 6.03. The Bertz CT molecular complexity index is 485. The van der Waals surface area contributed by atoms with E-state index in [1.54, 1.807) is 0 Å². The van der Waals surface area contributed by atoms with Crippen molar-refractivity contribution in [1.82, 2.24) is 5.32 Å². The quantitative estimate of drug-likeness (QED) is 0.215. The third-order valence-electron chi connectivity index (χ3n) is 4.27. The van der Waals surface area contributed by atoms with E-state index in [-0.39, 0.29) is 5.96 Å². The van der Waals surface area contributed by atoms with Crippen molar-refractivity contribution in [2.24, 2.45) is 16.6 Å². The fourth-order valence-electron chi connectivity index (χ4n) is 3.34. The van der Waals surface area contributed by atoms with Crippen LogP contribution in [0.25, 0.3) is 0 Å². The number of hydrogen-bond donors (Lipinski definition) is 7. The van der Waals surface area contributed by atoms with E-state index in [4.69, 9.17) is 10.5 Å². The van der Waals surface area contributed by atoms with Gasteiger partial charge in [0.05, 0.1) is 12.0 Å². The van der Waals surface area contributed by atoms with Gasteiger partial charge in [0, 0.05) is 0 Å². The van der Waals surface area contributed by atoms with Gasteiger partial charge in [-0.25, -0.2) is 9.79 Å². The average Bonchev–Trinajstić information content (AvgIpc) is 2.37. The summed E-state index contributed by atoms with van der Waals surface area (Å²) in [6, 6.07) is 0. The topological polar surface area (TPSA) is 178 Å². The van der Waals surface area contributed by atoms with Crippen LogP contribution >= 0.6 is 0 Å². The first kappa shape index (κ1) is 13.5. The van der Waals surface area contributed by atoms with Gasteiger partial charge in [-0.1, -0.05) is 0 Å². The van der Waals surface area contributed by atoms with Crippen LogP contribution in [0.4, 0.5) is 0 Å². The molecule has 0 aromatic carbocycles. The molecule has 0 aromatic rings. The number of hydrogen-bond acceptors (Lipinski definition) is 10. The minimum absolute atomic E-state index is 0.302. The van der Waals surface area contributed by atoms with E-state index in [1.165, 1.54) is 0 Å². The lowest BCUT2D eigenvalue weighted by Gasteiger charge is -2.59. The van der Waals surface area contributed by atoms with Crippen LogP contribution in [0, 0.1) is 5.92 Å². The molecule has 3 unspecified atom stereocenters. The Morgan fingerprint density at radius 2 is 1.85 bits per heavy atom. The van der Waals surface area contributed by atoms with Gasteiger partial charge in [-0.05, 0) is 0 Å². The zero-order chi connectivity index (χ0) is 14.8. The van der Waals surface area contributed by atoms with Crippen molar-refractivity contribution in [3.8, 4) is 0 Å². The zero-order valence-electron chi connectivity index (χ0n) is 10.1. The summed E-state index contributed by atoms with van der Waals surface area (Å²) in [5.74, 6) is -2.73. The number of esters is 1. The largest absolute Gasteiger partial charge is 0.455 e. The minimum atomic E-state index is -1.88. The molecule has 8 N–H and O–H groups in total. The summed E-state index contributed by atoms with van der Waals surface area (Å²) in [4.78, 5) is 15.3. The second-order valence-electron chi connectivity index (χ2n) is 5.24. The third-order valence-corrected chi connectivity index (χ3v) is 4.27. The number of rotatable bonds is 0. The number of nitrogens with zero attached hydrogens (tertiary/aromatic N) is 1. The van der Waals surface area contributed by atoms with Crippen molar-refractivity contribution >= 4 is 11.9 Å². The summed E-state index contributed by atoms with van der Waals surface area (Å²) < 4.78 is 4.73. The van der Waals surface area contributed by atoms with Crippen LogP contribution in [0.1, 0.15) is 0 Å². The average molecular weight is 289 g/mol. The van der Waals surface area contributed by atoms with E-state index in [2.05, 4.69) is 10.3 Å². The molecule has 2 bridgehead atoms. The molecule has 10 nitrogen and oxygen atoms in total. The van der Waals surface area contributed by atoms with Crippen LogP contribution in [0.15, 0.2) is 4.99 Å². The molecule has 2 aliphatic heterocycles. The molecular weight excluding hydrogens is 274 g/mol. The van der Waals surface area contributed by atoms with E-state index in [0.717, 1.165) is 0 Å². The van der Waals surface area contributed by atoms with E-state index >= 15 is 0 Å². The third kappa shape index (κ3) is 1.39. The molecule has 8 atom stereocenters. The molecule has 10 heteroatoms. The van der Waals surface area contributed by atoms with Gasteiger partial charge >= 0.3 is 5.97 Å². The highest BCUT2D eigenvalue weighted by atomic mass is 16.6. The number of guanidine groups is 1. The summed E-state index contributed by atoms with van der Waals surface area (Å²) >= 11 is 0. The van der Waals surface area contributed by atoms with Gasteiger partial charge < -0.3 is 41.3 Å². The molecular formula is C10H15N3O7. The minimum Gasteiger partial charge on any atom is -0.455 e. The highest BCUT2D eigenvalue weighted by Crippen LogP contribution is 2.45. The number of fused-ring (bicyclic) bond motifs is 1. The van der Waals surface area contributed by atoms with Gasteiger partial charge in [0.25, 0.3) is 0 Å². The first-order chi connectivity index (χ1) is 9.30. The Hall–Kier alpha value is -1.46. The van der Waals surface area contributed by atoms with Gasteiger partial charge in [0.1, 0.15) is 17.7 Å². The van der Waals surface area contributed by atoms with E-state index in [1.807, 2.05) is 0 Å². The lowest BCUT2D eigenvalue weighted by atomic mass is 9.61. The van der Waals surface area contributed by atoms with Crippen molar-refractivity contribution in [1.29, 1.82) is 0 Å². The zero-order valence-corrected chi connectivity index (χ0v) is 10.1. The molecule has 2 heterocycles. The van der Waals surface area contributed by atoms with Crippen molar-refractivity contribution in [3.05, 3.63) is 0 Å². The Kier molecular flexibility index (Phi) is 2.72. The maximum absolute atomic E-state index is 11.7. The SMILES string of the molecule is NC1=N[C@H](O)C2C(O)[C@H](O)C3OC(=O)[C@@H](O)[C@]2(N1)[C@@H]3O. The van der Waals surface area contributed by atoms with Crippen LogP contribution in [-0.2, 0) is 9.53 Å². The molecule has 112 valence electrons. The highest BCUT2D eigenvalue weighted by Gasteiger charge is 2.71. The van der Waals surface area contributed by atoms with Crippen LogP contribution < -0.4 is 11.1 Å². The Labute approximate surface area is 112 Å². The number of aliphatic hydroxyl groups is 5. The molecule has 0 radical (unpaired) electrons.